The zero-order valence-electron chi connectivity index (χ0n) is 15.9. The Morgan fingerprint density at radius 1 is 1.19 bits per heavy atom. The highest BCUT2D eigenvalue weighted by Crippen LogP contribution is 2.37. The zero-order chi connectivity index (χ0) is 19.4. The maximum atomic E-state index is 12.9. The van der Waals surface area contributed by atoms with Gasteiger partial charge in [-0.2, -0.15) is 0 Å². The van der Waals surface area contributed by atoms with Gasteiger partial charge in [-0.15, -0.1) is 0 Å². The van der Waals surface area contributed by atoms with Gasteiger partial charge in [0.05, 0.1) is 26.3 Å². The summed E-state index contributed by atoms with van der Waals surface area (Å²) in [5, 5.41) is 3.13. The van der Waals surface area contributed by atoms with Gasteiger partial charge in [0.1, 0.15) is 0 Å². The fourth-order valence-electron chi connectivity index (χ4n) is 3.54. The average molecular weight is 433 g/mol. The molecule has 1 aliphatic rings. The van der Waals surface area contributed by atoms with Crippen LogP contribution in [0.3, 0.4) is 0 Å². The second-order valence-electron chi connectivity index (χ2n) is 6.69. The van der Waals surface area contributed by atoms with Crippen molar-refractivity contribution >= 4 is 22.0 Å². The number of halogens is 1. The number of nitrogens with one attached hydrogen (secondary N) is 1. The van der Waals surface area contributed by atoms with Gasteiger partial charge < -0.3 is 19.7 Å². The molecule has 6 heteroatoms. The van der Waals surface area contributed by atoms with Crippen LogP contribution in [0.1, 0.15) is 43.0 Å². The van der Waals surface area contributed by atoms with E-state index < -0.39 is 0 Å². The predicted molar refractivity (Wildman–Crippen MR) is 109 cm³/mol. The first-order valence-corrected chi connectivity index (χ1v) is 9.87. The van der Waals surface area contributed by atoms with Crippen molar-refractivity contribution in [3.8, 4) is 11.5 Å². The molecule has 3 rings (SSSR count). The molecule has 1 saturated heterocycles. The molecule has 27 heavy (non-hydrogen) atoms. The topological polar surface area (TPSA) is 50.8 Å². The van der Waals surface area contributed by atoms with Crippen LogP contribution in [0.25, 0.3) is 0 Å². The van der Waals surface area contributed by atoms with Gasteiger partial charge in [0, 0.05) is 11.0 Å². The highest BCUT2D eigenvalue weighted by atomic mass is 79.9. The lowest BCUT2D eigenvalue weighted by atomic mass is 10.0. The molecule has 1 N–H and O–H groups in total. The second-order valence-corrected chi connectivity index (χ2v) is 7.61. The number of rotatable bonds is 5. The summed E-state index contributed by atoms with van der Waals surface area (Å²) in [4.78, 5) is 14.8. The Bertz CT molecular complexity index is 812. The van der Waals surface area contributed by atoms with Crippen molar-refractivity contribution in [1.29, 1.82) is 0 Å². The molecule has 2 unspecified atom stereocenters. The van der Waals surface area contributed by atoms with Gasteiger partial charge in [-0.1, -0.05) is 34.1 Å². The van der Waals surface area contributed by atoms with Crippen molar-refractivity contribution in [2.75, 3.05) is 20.8 Å². The summed E-state index contributed by atoms with van der Waals surface area (Å²) in [7, 11) is 3.25. The molecular weight excluding hydrogens is 408 g/mol. The monoisotopic (exact) mass is 432 g/mol. The van der Waals surface area contributed by atoms with Gasteiger partial charge >= 0.3 is 6.03 Å². The molecular formula is C21H25BrN2O3. The maximum absolute atomic E-state index is 12.9. The summed E-state index contributed by atoms with van der Waals surface area (Å²) in [6, 6.07) is 13.8. The molecule has 2 atom stereocenters. The first kappa shape index (κ1) is 19.5. The SMILES string of the molecule is COc1ccc(C2CCCN2C(=O)NC(C)c2cccc(Br)c2)cc1OC. The molecule has 0 aromatic heterocycles. The molecule has 1 aliphatic heterocycles. The van der Waals surface area contributed by atoms with E-state index in [1.54, 1.807) is 14.2 Å². The summed E-state index contributed by atoms with van der Waals surface area (Å²) in [5.41, 5.74) is 2.13. The summed E-state index contributed by atoms with van der Waals surface area (Å²) in [6.07, 6.45) is 1.92. The van der Waals surface area contributed by atoms with E-state index in [2.05, 4.69) is 21.2 Å². The summed E-state index contributed by atoms with van der Waals surface area (Å²) < 4.78 is 11.7. The lowest BCUT2D eigenvalue weighted by Crippen LogP contribution is -2.40. The second kappa shape index (κ2) is 8.65. The van der Waals surface area contributed by atoms with Gasteiger partial charge in [0.2, 0.25) is 0 Å². The van der Waals surface area contributed by atoms with Crippen LogP contribution in [0.5, 0.6) is 11.5 Å². The minimum Gasteiger partial charge on any atom is -0.493 e. The Balaban J connectivity index is 1.75. The Morgan fingerprint density at radius 2 is 1.96 bits per heavy atom. The molecule has 0 bridgehead atoms. The normalized spacial score (nSPS) is 17.5. The van der Waals surface area contributed by atoms with Crippen molar-refractivity contribution in [2.24, 2.45) is 0 Å². The van der Waals surface area contributed by atoms with E-state index in [0.717, 1.165) is 35.0 Å². The number of methoxy groups -OCH3 is 2. The van der Waals surface area contributed by atoms with Crippen LogP contribution >= 0.6 is 15.9 Å². The Labute approximate surface area is 168 Å². The first-order valence-electron chi connectivity index (χ1n) is 9.08. The lowest BCUT2D eigenvalue weighted by Gasteiger charge is -2.27. The first-order chi connectivity index (χ1) is 13.0. The highest BCUT2D eigenvalue weighted by molar-refractivity contribution is 9.10. The molecule has 0 saturated carbocycles. The van der Waals surface area contributed by atoms with Gasteiger partial charge in [0.25, 0.3) is 0 Å². The molecule has 5 nitrogen and oxygen atoms in total. The van der Waals surface area contributed by atoms with E-state index in [1.807, 2.05) is 54.3 Å². The number of nitrogens with zero attached hydrogens (tertiary/aromatic N) is 1. The third-order valence-corrected chi connectivity index (χ3v) is 5.49. The molecule has 0 radical (unpaired) electrons. The van der Waals surface area contributed by atoms with Crippen LogP contribution in [-0.2, 0) is 0 Å². The number of likely N-dealkylation sites (tertiary alicyclic amines) is 1. The lowest BCUT2D eigenvalue weighted by molar-refractivity contribution is 0.189. The van der Waals surface area contributed by atoms with Gasteiger partial charge in [-0.05, 0) is 55.2 Å². The van der Waals surface area contributed by atoms with Gasteiger partial charge in [-0.3, -0.25) is 0 Å². The summed E-state index contributed by atoms with van der Waals surface area (Å²) in [6.45, 7) is 2.75. The Hall–Kier alpha value is -2.21. The number of benzene rings is 2. The molecule has 1 heterocycles. The third kappa shape index (κ3) is 4.38. The van der Waals surface area contributed by atoms with E-state index >= 15 is 0 Å². The summed E-state index contributed by atoms with van der Waals surface area (Å²) in [5.74, 6) is 1.38. The Kier molecular flexibility index (Phi) is 6.26. The molecule has 0 spiro atoms. The molecule has 2 aromatic rings. The predicted octanol–water partition coefficient (Wildman–Crippen LogP) is 5.07. The van der Waals surface area contributed by atoms with E-state index in [0.29, 0.717) is 11.5 Å². The zero-order valence-corrected chi connectivity index (χ0v) is 17.5. The van der Waals surface area contributed by atoms with Gasteiger partial charge in [-0.25, -0.2) is 4.79 Å². The number of hydrogen-bond donors (Lipinski definition) is 1. The molecule has 144 valence electrons. The molecule has 2 aromatic carbocycles. The van der Waals surface area contributed by atoms with E-state index in [4.69, 9.17) is 9.47 Å². The van der Waals surface area contributed by atoms with Crippen LogP contribution in [0.15, 0.2) is 46.9 Å². The average Bonchev–Trinajstić information content (AvgIpc) is 3.17. The molecule has 0 aliphatic carbocycles. The van der Waals surface area contributed by atoms with Crippen molar-refractivity contribution in [1.82, 2.24) is 10.2 Å². The van der Waals surface area contributed by atoms with Crippen molar-refractivity contribution in [3.63, 3.8) is 0 Å². The van der Waals surface area contributed by atoms with Crippen molar-refractivity contribution in [2.45, 2.75) is 31.8 Å². The van der Waals surface area contributed by atoms with Crippen LogP contribution in [0, 0.1) is 0 Å². The number of carbonyl (C=O) groups excluding carboxylic acids is 1. The van der Waals surface area contributed by atoms with Crippen molar-refractivity contribution in [3.05, 3.63) is 58.1 Å². The Morgan fingerprint density at radius 3 is 2.67 bits per heavy atom. The molecule has 1 fully saturated rings. The van der Waals surface area contributed by atoms with E-state index in [1.165, 1.54) is 0 Å². The fraction of sp³-hybridized carbons (Fsp3) is 0.381. The van der Waals surface area contributed by atoms with Crippen LogP contribution in [0.2, 0.25) is 0 Å². The summed E-state index contributed by atoms with van der Waals surface area (Å²) >= 11 is 3.48. The number of urea groups is 1. The number of carbonyl (C=O) groups is 1. The van der Waals surface area contributed by atoms with Crippen LogP contribution in [-0.4, -0.2) is 31.7 Å². The largest absolute Gasteiger partial charge is 0.493 e. The van der Waals surface area contributed by atoms with Crippen LogP contribution in [0.4, 0.5) is 4.79 Å². The minimum absolute atomic E-state index is 0.0412. The fourth-order valence-corrected chi connectivity index (χ4v) is 3.96. The number of amides is 2. The quantitative estimate of drug-likeness (QED) is 0.716. The van der Waals surface area contributed by atoms with E-state index in [-0.39, 0.29) is 18.1 Å². The standard InChI is InChI=1S/C21H25BrN2O3/c1-14(15-6-4-7-17(22)12-15)23-21(25)24-11-5-8-18(24)16-9-10-19(26-2)20(13-16)27-3/h4,6-7,9-10,12-14,18H,5,8,11H2,1-3H3,(H,23,25). The highest BCUT2D eigenvalue weighted by Gasteiger charge is 2.31. The molecule has 2 amide bonds. The third-order valence-electron chi connectivity index (χ3n) is 4.99. The maximum Gasteiger partial charge on any atom is 0.318 e. The van der Waals surface area contributed by atoms with Crippen molar-refractivity contribution < 1.29 is 14.3 Å². The number of hydrogen-bond acceptors (Lipinski definition) is 3. The van der Waals surface area contributed by atoms with Crippen LogP contribution < -0.4 is 14.8 Å². The van der Waals surface area contributed by atoms with Gasteiger partial charge in [0.15, 0.2) is 11.5 Å². The minimum atomic E-state index is -0.0679. The number of ether oxygens (including phenoxy) is 2. The smallest absolute Gasteiger partial charge is 0.318 e. The van der Waals surface area contributed by atoms with E-state index in [9.17, 15) is 4.79 Å².